The second kappa shape index (κ2) is 8.77. The molecule has 3 rings (SSSR count). The maximum absolute atomic E-state index is 12.5. The van der Waals surface area contributed by atoms with E-state index in [0.717, 1.165) is 45.6 Å². The summed E-state index contributed by atoms with van der Waals surface area (Å²) in [4.78, 5) is 16.8. The SMILES string of the molecule is CC1CN(CC2CCN(C(=O)Nc3ccc(S(N)(=O)=O)cc3)CC2)CC(C)O1. The minimum atomic E-state index is -3.73. The molecule has 8 nitrogen and oxygen atoms in total. The lowest BCUT2D eigenvalue weighted by Gasteiger charge is -2.39. The second-order valence-corrected chi connectivity index (χ2v) is 9.47. The van der Waals surface area contributed by atoms with Crippen LogP contribution >= 0.6 is 0 Å². The van der Waals surface area contributed by atoms with Gasteiger partial charge in [-0.2, -0.15) is 0 Å². The minimum Gasteiger partial charge on any atom is -0.373 e. The molecule has 0 aliphatic carbocycles. The van der Waals surface area contributed by atoms with Gasteiger partial charge in [0.15, 0.2) is 0 Å². The maximum Gasteiger partial charge on any atom is 0.321 e. The van der Waals surface area contributed by atoms with Crippen LogP contribution in [0.25, 0.3) is 0 Å². The predicted molar refractivity (Wildman–Crippen MR) is 108 cm³/mol. The van der Waals surface area contributed by atoms with E-state index in [9.17, 15) is 13.2 Å². The number of hydrogen-bond acceptors (Lipinski definition) is 5. The van der Waals surface area contributed by atoms with Crippen LogP contribution in [-0.4, -0.2) is 69.2 Å². The number of nitrogens with zero attached hydrogens (tertiary/aromatic N) is 2. The van der Waals surface area contributed by atoms with E-state index in [1.54, 1.807) is 12.1 Å². The summed E-state index contributed by atoms with van der Waals surface area (Å²) in [5.74, 6) is 0.593. The van der Waals surface area contributed by atoms with Crippen LogP contribution in [0.1, 0.15) is 26.7 Å². The van der Waals surface area contributed by atoms with E-state index >= 15 is 0 Å². The molecule has 9 heteroatoms. The van der Waals surface area contributed by atoms with Crippen LogP contribution in [-0.2, 0) is 14.8 Å². The first-order chi connectivity index (χ1) is 13.2. The molecule has 2 aliphatic heterocycles. The first-order valence-corrected chi connectivity index (χ1v) is 11.3. The zero-order valence-electron chi connectivity index (χ0n) is 16.5. The highest BCUT2D eigenvalue weighted by molar-refractivity contribution is 7.89. The number of sulfonamides is 1. The Labute approximate surface area is 167 Å². The first kappa shape index (κ1) is 21.0. The number of nitrogens with two attached hydrogens (primary N) is 1. The van der Waals surface area contributed by atoms with Crippen LogP contribution < -0.4 is 10.5 Å². The first-order valence-electron chi connectivity index (χ1n) is 9.77. The van der Waals surface area contributed by atoms with E-state index in [4.69, 9.17) is 9.88 Å². The highest BCUT2D eigenvalue weighted by atomic mass is 32.2. The molecule has 1 aromatic rings. The molecule has 0 aromatic heterocycles. The molecule has 156 valence electrons. The van der Waals surface area contributed by atoms with Gasteiger partial charge in [0.2, 0.25) is 10.0 Å². The molecule has 2 atom stereocenters. The predicted octanol–water partition coefficient (Wildman–Crippen LogP) is 1.69. The molecule has 2 aliphatic rings. The standard InChI is InChI=1S/C19H30N4O4S/c1-14-11-22(12-15(2)27-14)13-16-7-9-23(10-8-16)19(24)21-17-3-5-18(6-4-17)28(20,25)26/h3-6,14-16H,7-13H2,1-2H3,(H,21,24)(H2,20,25,26). The second-order valence-electron chi connectivity index (χ2n) is 7.91. The van der Waals surface area contributed by atoms with Gasteiger partial charge in [-0.1, -0.05) is 0 Å². The number of rotatable bonds is 4. The molecule has 2 unspecified atom stereocenters. The topological polar surface area (TPSA) is 105 Å². The third kappa shape index (κ3) is 5.66. The molecule has 0 bridgehead atoms. The van der Waals surface area contributed by atoms with Gasteiger partial charge < -0.3 is 15.0 Å². The fourth-order valence-corrected chi connectivity index (χ4v) is 4.56. The third-order valence-electron chi connectivity index (χ3n) is 5.35. The Hall–Kier alpha value is -1.68. The van der Waals surface area contributed by atoms with Crippen molar-refractivity contribution < 1.29 is 17.9 Å². The Morgan fingerprint density at radius 3 is 2.25 bits per heavy atom. The summed E-state index contributed by atoms with van der Waals surface area (Å²) < 4.78 is 28.4. The zero-order chi connectivity index (χ0) is 20.3. The minimum absolute atomic E-state index is 0.0260. The van der Waals surface area contributed by atoms with Crippen molar-refractivity contribution in [3.05, 3.63) is 24.3 Å². The van der Waals surface area contributed by atoms with Crippen molar-refractivity contribution in [1.82, 2.24) is 9.80 Å². The number of carbonyl (C=O) groups excluding carboxylic acids is 1. The van der Waals surface area contributed by atoms with Crippen molar-refractivity contribution in [2.24, 2.45) is 11.1 Å². The number of benzene rings is 1. The molecule has 0 saturated carbocycles. The van der Waals surface area contributed by atoms with Gasteiger partial charge in [-0.15, -0.1) is 0 Å². The zero-order valence-corrected chi connectivity index (χ0v) is 17.3. The number of hydrogen-bond donors (Lipinski definition) is 2. The number of morpholine rings is 1. The number of ether oxygens (including phenoxy) is 1. The number of primary sulfonamides is 1. The quantitative estimate of drug-likeness (QED) is 0.786. The van der Waals surface area contributed by atoms with Gasteiger partial charge in [-0.05, 0) is 56.9 Å². The molecule has 1 aromatic carbocycles. The molecule has 0 spiro atoms. The Balaban J connectivity index is 1.46. The number of anilines is 1. The van der Waals surface area contributed by atoms with E-state index in [1.807, 2.05) is 4.90 Å². The van der Waals surface area contributed by atoms with Crippen molar-refractivity contribution in [3.8, 4) is 0 Å². The summed E-state index contributed by atoms with van der Waals surface area (Å²) in [6.45, 7) is 8.68. The lowest BCUT2D eigenvalue weighted by Crippen LogP contribution is -2.49. The van der Waals surface area contributed by atoms with Gasteiger partial charge in [-0.3, -0.25) is 4.90 Å². The van der Waals surface area contributed by atoms with E-state index < -0.39 is 10.0 Å². The van der Waals surface area contributed by atoms with Crippen molar-refractivity contribution in [2.75, 3.05) is 38.0 Å². The van der Waals surface area contributed by atoms with Gasteiger partial charge in [0.05, 0.1) is 17.1 Å². The Morgan fingerprint density at radius 2 is 1.71 bits per heavy atom. The molecule has 2 fully saturated rings. The molecule has 2 heterocycles. The number of likely N-dealkylation sites (tertiary alicyclic amines) is 1. The largest absolute Gasteiger partial charge is 0.373 e. The molecule has 2 amide bonds. The van der Waals surface area contributed by atoms with Crippen LogP contribution in [0.15, 0.2) is 29.2 Å². The van der Waals surface area contributed by atoms with Crippen molar-refractivity contribution in [3.63, 3.8) is 0 Å². The summed E-state index contributed by atoms with van der Waals surface area (Å²) in [5.41, 5.74) is 0.552. The van der Waals surface area contributed by atoms with Crippen molar-refractivity contribution in [1.29, 1.82) is 0 Å². The number of amides is 2. The molecule has 2 saturated heterocycles. The maximum atomic E-state index is 12.5. The number of piperidine rings is 1. The molecular weight excluding hydrogens is 380 g/mol. The molecule has 28 heavy (non-hydrogen) atoms. The summed E-state index contributed by atoms with van der Waals surface area (Å²) >= 11 is 0. The number of carbonyl (C=O) groups is 1. The summed E-state index contributed by atoms with van der Waals surface area (Å²) in [6, 6.07) is 5.72. The highest BCUT2D eigenvalue weighted by Crippen LogP contribution is 2.22. The fourth-order valence-electron chi connectivity index (χ4n) is 4.05. The lowest BCUT2D eigenvalue weighted by atomic mass is 9.96. The monoisotopic (exact) mass is 410 g/mol. The average molecular weight is 411 g/mol. The van der Waals surface area contributed by atoms with Crippen LogP contribution in [0.4, 0.5) is 10.5 Å². The van der Waals surface area contributed by atoms with Crippen LogP contribution in [0.5, 0.6) is 0 Å². The van der Waals surface area contributed by atoms with Gasteiger partial charge in [0, 0.05) is 38.4 Å². The van der Waals surface area contributed by atoms with Crippen LogP contribution in [0, 0.1) is 5.92 Å². The lowest BCUT2D eigenvalue weighted by molar-refractivity contribution is -0.0728. The Bertz CT molecular complexity index is 766. The van der Waals surface area contributed by atoms with Gasteiger partial charge in [-0.25, -0.2) is 18.4 Å². The number of nitrogens with one attached hydrogen (secondary N) is 1. The molecule has 0 radical (unpaired) electrons. The summed E-state index contributed by atoms with van der Waals surface area (Å²) in [5, 5.41) is 7.91. The summed E-state index contributed by atoms with van der Waals surface area (Å²) in [6.07, 6.45) is 2.51. The average Bonchev–Trinajstić information content (AvgIpc) is 2.61. The normalized spacial score (nSPS) is 24.9. The smallest absolute Gasteiger partial charge is 0.321 e. The Morgan fingerprint density at radius 1 is 1.14 bits per heavy atom. The summed E-state index contributed by atoms with van der Waals surface area (Å²) in [7, 11) is -3.73. The third-order valence-corrected chi connectivity index (χ3v) is 6.28. The Kier molecular flexibility index (Phi) is 6.59. The van der Waals surface area contributed by atoms with E-state index in [0.29, 0.717) is 11.6 Å². The highest BCUT2D eigenvalue weighted by Gasteiger charge is 2.28. The van der Waals surface area contributed by atoms with Gasteiger partial charge in [0.25, 0.3) is 0 Å². The van der Waals surface area contributed by atoms with Crippen LogP contribution in [0.2, 0.25) is 0 Å². The number of urea groups is 1. The van der Waals surface area contributed by atoms with E-state index in [2.05, 4.69) is 24.1 Å². The van der Waals surface area contributed by atoms with Crippen LogP contribution in [0.3, 0.4) is 0 Å². The van der Waals surface area contributed by atoms with Crippen molar-refractivity contribution in [2.45, 2.75) is 43.8 Å². The van der Waals surface area contributed by atoms with E-state index in [1.165, 1.54) is 12.1 Å². The molecule has 3 N–H and O–H groups in total. The molecular formula is C19H30N4O4S. The van der Waals surface area contributed by atoms with Gasteiger partial charge >= 0.3 is 6.03 Å². The van der Waals surface area contributed by atoms with E-state index in [-0.39, 0.29) is 23.1 Å². The fraction of sp³-hybridized carbons (Fsp3) is 0.632. The van der Waals surface area contributed by atoms with Gasteiger partial charge in [0.1, 0.15) is 0 Å². The van der Waals surface area contributed by atoms with Crippen molar-refractivity contribution >= 4 is 21.7 Å².